The molecule has 0 bridgehead atoms. The molecule has 4 rings (SSSR count). The number of hydrogen-bond donors (Lipinski definition) is 0. The zero-order chi connectivity index (χ0) is 17.2. The summed E-state index contributed by atoms with van der Waals surface area (Å²) < 4.78 is 1.15. The highest BCUT2D eigenvalue weighted by Crippen LogP contribution is 2.48. The van der Waals surface area contributed by atoms with E-state index in [1.54, 1.807) is 0 Å². The van der Waals surface area contributed by atoms with E-state index in [9.17, 15) is 0 Å². The molecule has 3 nitrogen and oxygen atoms in total. The van der Waals surface area contributed by atoms with Crippen LogP contribution in [0, 0.1) is 0 Å². The van der Waals surface area contributed by atoms with Gasteiger partial charge in [-0.1, -0.05) is 46.7 Å². The Balaban J connectivity index is 1.53. The SMILES string of the molecule is CCN1CCN(CCN2c3ccccc3Sc3ccc(Br)cc32)CC1. The van der Waals surface area contributed by atoms with Crippen LogP contribution in [-0.4, -0.2) is 55.6 Å². The molecule has 0 spiro atoms. The lowest BCUT2D eigenvalue weighted by molar-refractivity contribution is 0.140. The van der Waals surface area contributed by atoms with Crippen LogP contribution in [0.5, 0.6) is 0 Å². The summed E-state index contributed by atoms with van der Waals surface area (Å²) in [6.07, 6.45) is 0. The van der Waals surface area contributed by atoms with Crippen LogP contribution in [0.15, 0.2) is 56.7 Å². The number of likely N-dealkylation sites (N-methyl/N-ethyl adjacent to an activating group) is 1. The molecule has 0 radical (unpaired) electrons. The molecule has 25 heavy (non-hydrogen) atoms. The summed E-state index contributed by atoms with van der Waals surface area (Å²) >= 11 is 5.53. The third-order valence-corrected chi connectivity index (χ3v) is 6.76. The third kappa shape index (κ3) is 3.75. The van der Waals surface area contributed by atoms with E-state index < -0.39 is 0 Å². The van der Waals surface area contributed by atoms with E-state index in [1.807, 2.05) is 11.8 Å². The topological polar surface area (TPSA) is 9.72 Å². The van der Waals surface area contributed by atoms with E-state index >= 15 is 0 Å². The van der Waals surface area contributed by atoms with Gasteiger partial charge in [-0.15, -0.1) is 0 Å². The number of nitrogens with zero attached hydrogens (tertiary/aromatic N) is 3. The van der Waals surface area contributed by atoms with Gasteiger partial charge in [-0.2, -0.15) is 0 Å². The minimum absolute atomic E-state index is 1.03. The Kier molecular flexibility index (Phi) is 5.36. The smallest absolute Gasteiger partial charge is 0.0564 e. The molecule has 1 fully saturated rings. The molecule has 2 heterocycles. The molecular formula is C20H24BrN3S. The number of rotatable bonds is 4. The first-order valence-electron chi connectivity index (χ1n) is 9.03. The van der Waals surface area contributed by atoms with Crippen LogP contribution in [0.1, 0.15) is 6.92 Å². The molecule has 0 N–H and O–H groups in total. The number of piperazine rings is 1. The highest BCUT2D eigenvalue weighted by molar-refractivity contribution is 9.10. The second-order valence-corrected chi connectivity index (χ2v) is 8.61. The average molecular weight is 418 g/mol. The summed E-state index contributed by atoms with van der Waals surface area (Å²) in [6.45, 7) is 10.3. The Morgan fingerprint density at radius 2 is 1.60 bits per heavy atom. The summed E-state index contributed by atoms with van der Waals surface area (Å²) in [7, 11) is 0. The highest BCUT2D eigenvalue weighted by Gasteiger charge is 2.24. The molecule has 0 unspecified atom stereocenters. The maximum absolute atomic E-state index is 3.65. The number of halogens is 1. The van der Waals surface area contributed by atoms with Gasteiger partial charge in [0.05, 0.1) is 11.4 Å². The van der Waals surface area contributed by atoms with Crippen molar-refractivity contribution in [1.29, 1.82) is 0 Å². The summed E-state index contributed by atoms with van der Waals surface area (Å²) in [5, 5.41) is 0. The number of para-hydroxylation sites is 1. The Labute approximate surface area is 163 Å². The van der Waals surface area contributed by atoms with Crippen LogP contribution < -0.4 is 4.90 Å². The molecule has 0 saturated carbocycles. The summed E-state index contributed by atoms with van der Waals surface area (Å²) in [5.74, 6) is 0. The minimum atomic E-state index is 1.03. The van der Waals surface area contributed by atoms with Crippen LogP contribution in [0.3, 0.4) is 0 Å². The second kappa shape index (κ2) is 7.70. The van der Waals surface area contributed by atoms with Crippen molar-refractivity contribution in [1.82, 2.24) is 9.80 Å². The van der Waals surface area contributed by atoms with Crippen molar-refractivity contribution >= 4 is 39.1 Å². The van der Waals surface area contributed by atoms with Crippen molar-refractivity contribution in [3.63, 3.8) is 0 Å². The maximum Gasteiger partial charge on any atom is 0.0564 e. The fourth-order valence-corrected chi connectivity index (χ4v) is 5.04. The molecule has 0 aliphatic carbocycles. The first-order valence-corrected chi connectivity index (χ1v) is 10.6. The van der Waals surface area contributed by atoms with Gasteiger partial charge in [0.15, 0.2) is 0 Å². The van der Waals surface area contributed by atoms with Gasteiger partial charge in [0.2, 0.25) is 0 Å². The van der Waals surface area contributed by atoms with Crippen molar-refractivity contribution in [2.45, 2.75) is 16.7 Å². The van der Waals surface area contributed by atoms with E-state index in [4.69, 9.17) is 0 Å². The fraction of sp³-hybridized carbons (Fsp3) is 0.400. The van der Waals surface area contributed by atoms with Gasteiger partial charge < -0.3 is 9.80 Å². The molecule has 2 aliphatic heterocycles. The molecule has 132 valence electrons. The monoisotopic (exact) mass is 417 g/mol. The number of fused-ring (bicyclic) bond motifs is 2. The summed E-state index contributed by atoms with van der Waals surface area (Å²) in [4.78, 5) is 10.3. The summed E-state index contributed by atoms with van der Waals surface area (Å²) in [5.41, 5.74) is 2.66. The second-order valence-electron chi connectivity index (χ2n) is 6.61. The first-order chi connectivity index (χ1) is 12.2. The van der Waals surface area contributed by atoms with Gasteiger partial charge >= 0.3 is 0 Å². The van der Waals surface area contributed by atoms with Crippen molar-refractivity contribution in [3.8, 4) is 0 Å². The van der Waals surface area contributed by atoms with Gasteiger partial charge in [0, 0.05) is 53.5 Å². The van der Waals surface area contributed by atoms with Gasteiger partial charge in [-0.25, -0.2) is 0 Å². The zero-order valence-corrected chi connectivity index (χ0v) is 17.0. The average Bonchev–Trinajstić information content (AvgIpc) is 2.66. The maximum atomic E-state index is 3.65. The molecule has 1 saturated heterocycles. The Hall–Kier alpha value is -1.01. The molecule has 2 aromatic carbocycles. The van der Waals surface area contributed by atoms with Crippen LogP contribution in [0.4, 0.5) is 11.4 Å². The largest absolute Gasteiger partial charge is 0.338 e. The lowest BCUT2D eigenvalue weighted by Gasteiger charge is -2.37. The van der Waals surface area contributed by atoms with Gasteiger partial charge in [0.1, 0.15) is 0 Å². The fourth-order valence-electron chi connectivity index (χ4n) is 3.61. The van der Waals surface area contributed by atoms with Crippen molar-refractivity contribution in [2.24, 2.45) is 0 Å². The number of benzene rings is 2. The lowest BCUT2D eigenvalue weighted by Crippen LogP contribution is -2.48. The molecule has 0 amide bonds. The van der Waals surface area contributed by atoms with E-state index in [-0.39, 0.29) is 0 Å². The van der Waals surface area contributed by atoms with Gasteiger partial charge in [-0.05, 0) is 36.9 Å². The van der Waals surface area contributed by atoms with Crippen LogP contribution in [-0.2, 0) is 0 Å². The molecule has 2 aromatic rings. The lowest BCUT2D eigenvalue weighted by atomic mass is 10.2. The molecule has 5 heteroatoms. The standard InChI is InChI=1S/C20H24BrN3S/c1-2-22-9-11-23(12-10-22)13-14-24-17-5-3-4-6-19(17)25-20-8-7-16(21)15-18(20)24/h3-8,15H,2,9-14H2,1H3. The molecule has 0 atom stereocenters. The highest BCUT2D eigenvalue weighted by atomic mass is 79.9. The summed E-state index contributed by atoms with van der Waals surface area (Å²) in [6, 6.07) is 15.4. The predicted molar refractivity (Wildman–Crippen MR) is 110 cm³/mol. The van der Waals surface area contributed by atoms with E-state index in [2.05, 4.69) is 80.0 Å². The van der Waals surface area contributed by atoms with Crippen LogP contribution >= 0.6 is 27.7 Å². The Morgan fingerprint density at radius 1 is 0.880 bits per heavy atom. The Bertz CT molecular complexity index is 743. The Morgan fingerprint density at radius 3 is 2.40 bits per heavy atom. The van der Waals surface area contributed by atoms with Crippen molar-refractivity contribution in [3.05, 3.63) is 46.9 Å². The normalized spacial score (nSPS) is 18.1. The zero-order valence-electron chi connectivity index (χ0n) is 14.6. The molecule has 0 aromatic heterocycles. The van der Waals surface area contributed by atoms with Crippen LogP contribution in [0.2, 0.25) is 0 Å². The number of hydrogen-bond acceptors (Lipinski definition) is 4. The van der Waals surface area contributed by atoms with E-state index in [0.717, 1.165) is 17.6 Å². The molecule has 2 aliphatic rings. The predicted octanol–water partition coefficient (Wildman–Crippen LogP) is 4.69. The quantitative estimate of drug-likeness (QED) is 0.713. The minimum Gasteiger partial charge on any atom is -0.338 e. The van der Waals surface area contributed by atoms with E-state index in [0.29, 0.717) is 0 Å². The van der Waals surface area contributed by atoms with Crippen molar-refractivity contribution in [2.75, 3.05) is 50.7 Å². The number of anilines is 2. The third-order valence-electron chi connectivity index (χ3n) is 5.14. The van der Waals surface area contributed by atoms with Gasteiger partial charge in [0.25, 0.3) is 0 Å². The van der Waals surface area contributed by atoms with Crippen LogP contribution in [0.25, 0.3) is 0 Å². The van der Waals surface area contributed by atoms with Gasteiger partial charge in [-0.3, -0.25) is 4.90 Å². The van der Waals surface area contributed by atoms with E-state index in [1.165, 1.54) is 53.9 Å². The molecular weight excluding hydrogens is 394 g/mol. The van der Waals surface area contributed by atoms with Crippen molar-refractivity contribution < 1.29 is 0 Å². The first kappa shape index (κ1) is 17.4.